The summed E-state index contributed by atoms with van der Waals surface area (Å²) in [5, 5.41) is 8.70. The second-order valence-corrected chi connectivity index (χ2v) is 13.5. The Bertz CT molecular complexity index is 2870. The van der Waals surface area contributed by atoms with Crippen LogP contribution in [0.15, 0.2) is 206 Å². The van der Waals surface area contributed by atoms with Crippen molar-refractivity contribution in [2.24, 2.45) is 0 Å². The minimum Gasteiger partial charge on any atom is -0.310 e. The van der Waals surface area contributed by atoms with Crippen LogP contribution < -0.4 is 4.90 Å². The highest BCUT2D eigenvalue weighted by Crippen LogP contribution is 2.45. The van der Waals surface area contributed by atoms with E-state index in [1.165, 1.54) is 65.7 Å². The van der Waals surface area contributed by atoms with Gasteiger partial charge in [0.15, 0.2) is 0 Å². The zero-order chi connectivity index (χ0) is 35.1. The van der Waals surface area contributed by atoms with Gasteiger partial charge in [0, 0.05) is 28.6 Å². The van der Waals surface area contributed by atoms with Gasteiger partial charge in [-0.05, 0) is 114 Å². The summed E-state index contributed by atoms with van der Waals surface area (Å²) in [5.74, 6) is 0. The van der Waals surface area contributed by atoms with Crippen molar-refractivity contribution in [2.45, 2.75) is 0 Å². The van der Waals surface area contributed by atoms with Crippen molar-refractivity contribution in [3.63, 3.8) is 0 Å². The number of fused-ring (bicyclic) bond motifs is 4. The van der Waals surface area contributed by atoms with Crippen LogP contribution in [0, 0.1) is 0 Å². The molecule has 53 heavy (non-hydrogen) atoms. The molecular formula is C51H34N2. The Labute approximate surface area is 308 Å². The van der Waals surface area contributed by atoms with Crippen LogP contribution >= 0.6 is 0 Å². The molecule has 1 heterocycles. The number of rotatable bonds is 6. The first-order valence-corrected chi connectivity index (χ1v) is 18.1. The van der Waals surface area contributed by atoms with E-state index in [0.717, 1.165) is 28.0 Å². The molecule has 0 atom stereocenters. The molecule has 10 aromatic rings. The van der Waals surface area contributed by atoms with Crippen LogP contribution in [-0.4, -0.2) is 4.98 Å². The third kappa shape index (κ3) is 5.40. The second kappa shape index (κ2) is 12.9. The molecule has 10 rings (SSSR count). The molecule has 0 aliphatic carbocycles. The lowest BCUT2D eigenvalue weighted by Gasteiger charge is -2.26. The molecule has 0 amide bonds. The zero-order valence-electron chi connectivity index (χ0n) is 29.0. The van der Waals surface area contributed by atoms with Crippen molar-refractivity contribution < 1.29 is 0 Å². The molecule has 0 saturated heterocycles. The predicted molar refractivity (Wildman–Crippen MR) is 225 cm³/mol. The van der Waals surface area contributed by atoms with E-state index in [1.54, 1.807) is 0 Å². The Kier molecular flexibility index (Phi) is 7.51. The van der Waals surface area contributed by atoms with Crippen LogP contribution in [0.4, 0.5) is 17.1 Å². The van der Waals surface area contributed by atoms with E-state index in [0.29, 0.717) is 0 Å². The molecule has 0 aliphatic rings. The van der Waals surface area contributed by atoms with Crippen molar-refractivity contribution in [1.29, 1.82) is 0 Å². The fourth-order valence-electron chi connectivity index (χ4n) is 8.03. The zero-order valence-corrected chi connectivity index (χ0v) is 29.0. The maximum Gasteiger partial charge on any atom is 0.0703 e. The molecule has 0 radical (unpaired) electrons. The van der Waals surface area contributed by atoms with E-state index in [-0.39, 0.29) is 0 Å². The largest absolute Gasteiger partial charge is 0.310 e. The Morgan fingerprint density at radius 2 is 0.830 bits per heavy atom. The first-order valence-electron chi connectivity index (χ1n) is 18.1. The van der Waals surface area contributed by atoms with Crippen LogP contribution in [0.5, 0.6) is 0 Å². The van der Waals surface area contributed by atoms with Gasteiger partial charge in [0.2, 0.25) is 0 Å². The van der Waals surface area contributed by atoms with Gasteiger partial charge in [-0.15, -0.1) is 0 Å². The monoisotopic (exact) mass is 674 g/mol. The topological polar surface area (TPSA) is 16.1 Å². The summed E-state index contributed by atoms with van der Waals surface area (Å²) in [6.07, 6.45) is 1.84. The predicted octanol–water partition coefficient (Wildman–Crippen LogP) is 14.2. The molecule has 0 unspecified atom stereocenters. The number of aromatic nitrogens is 1. The number of para-hydroxylation sites is 1. The van der Waals surface area contributed by atoms with Crippen molar-refractivity contribution in [3.05, 3.63) is 206 Å². The van der Waals surface area contributed by atoms with Gasteiger partial charge in [-0.2, -0.15) is 0 Å². The summed E-state index contributed by atoms with van der Waals surface area (Å²) in [7, 11) is 0. The number of hydrogen-bond donors (Lipinski definition) is 0. The molecule has 9 aromatic carbocycles. The van der Waals surface area contributed by atoms with Gasteiger partial charge in [0.25, 0.3) is 0 Å². The van der Waals surface area contributed by atoms with Crippen LogP contribution in [0.1, 0.15) is 0 Å². The standard InChI is InChI=1S/C51H34N2/c1-2-15-40(16-3-1)53(42-31-32-49-39(34-42)14-11-33-52-49)41-29-27-36(28-30-41)35-23-25-38(26-24-35)50-45-18-6-8-20-47(45)51(48-21-9-7-19-46(48)50)44-22-10-13-37-12-4-5-17-43(37)44/h1-34H. The molecule has 0 N–H and O–H groups in total. The second-order valence-electron chi connectivity index (χ2n) is 13.5. The summed E-state index contributed by atoms with van der Waals surface area (Å²) < 4.78 is 0. The van der Waals surface area contributed by atoms with Crippen LogP contribution in [0.3, 0.4) is 0 Å². The van der Waals surface area contributed by atoms with Crippen molar-refractivity contribution >= 4 is 60.3 Å². The average Bonchev–Trinajstić information content (AvgIpc) is 3.23. The highest BCUT2D eigenvalue weighted by Gasteiger charge is 2.18. The van der Waals surface area contributed by atoms with Crippen LogP contribution in [-0.2, 0) is 0 Å². The molecule has 0 saturated carbocycles. The minimum atomic E-state index is 0.991. The molecule has 0 bridgehead atoms. The lowest BCUT2D eigenvalue weighted by atomic mass is 9.84. The van der Waals surface area contributed by atoms with E-state index in [4.69, 9.17) is 0 Å². The van der Waals surface area contributed by atoms with E-state index in [2.05, 4.69) is 204 Å². The quantitative estimate of drug-likeness (QED) is 0.163. The highest BCUT2D eigenvalue weighted by molar-refractivity contribution is 6.23. The Morgan fingerprint density at radius 1 is 0.321 bits per heavy atom. The Balaban J connectivity index is 1.05. The Morgan fingerprint density at radius 3 is 1.53 bits per heavy atom. The normalized spacial score (nSPS) is 11.4. The third-order valence-corrected chi connectivity index (χ3v) is 10.5. The first-order chi connectivity index (χ1) is 26.3. The Hall–Kier alpha value is -7.03. The summed E-state index contributed by atoms with van der Waals surface area (Å²) >= 11 is 0. The van der Waals surface area contributed by atoms with Gasteiger partial charge >= 0.3 is 0 Å². The van der Waals surface area contributed by atoms with Gasteiger partial charge in [0.05, 0.1) is 5.52 Å². The van der Waals surface area contributed by atoms with Gasteiger partial charge < -0.3 is 4.90 Å². The highest BCUT2D eigenvalue weighted by atomic mass is 15.1. The van der Waals surface area contributed by atoms with Crippen LogP contribution in [0.2, 0.25) is 0 Å². The SMILES string of the molecule is c1ccc(N(c2ccc(-c3ccc(-c4c5ccccc5c(-c5cccc6ccccc56)c5ccccc45)cc3)cc2)c2ccc3ncccc3c2)cc1. The van der Waals surface area contributed by atoms with Crippen molar-refractivity contribution in [3.8, 4) is 33.4 Å². The van der Waals surface area contributed by atoms with Crippen LogP contribution in [0.25, 0.3) is 76.6 Å². The summed E-state index contributed by atoms with van der Waals surface area (Å²) in [5.41, 5.74) is 11.7. The molecule has 0 aliphatic heterocycles. The molecule has 248 valence electrons. The fourth-order valence-corrected chi connectivity index (χ4v) is 8.03. The smallest absolute Gasteiger partial charge is 0.0703 e. The molecule has 0 fully saturated rings. The maximum absolute atomic E-state index is 4.54. The number of anilines is 3. The summed E-state index contributed by atoms with van der Waals surface area (Å²) in [6, 6.07) is 72.3. The van der Waals surface area contributed by atoms with Gasteiger partial charge in [0.1, 0.15) is 0 Å². The van der Waals surface area contributed by atoms with E-state index >= 15 is 0 Å². The van der Waals surface area contributed by atoms with Crippen molar-refractivity contribution in [1.82, 2.24) is 4.98 Å². The van der Waals surface area contributed by atoms with E-state index < -0.39 is 0 Å². The van der Waals surface area contributed by atoms with E-state index in [1.807, 2.05) is 12.3 Å². The number of hydrogen-bond acceptors (Lipinski definition) is 2. The minimum absolute atomic E-state index is 0.991. The lowest BCUT2D eigenvalue weighted by molar-refractivity contribution is 1.28. The molecule has 1 aromatic heterocycles. The average molecular weight is 675 g/mol. The molecule has 0 spiro atoms. The number of nitrogens with zero attached hydrogens (tertiary/aromatic N) is 2. The number of benzene rings is 9. The van der Waals surface area contributed by atoms with Gasteiger partial charge in [-0.1, -0.05) is 152 Å². The molecule has 2 heteroatoms. The molecule has 2 nitrogen and oxygen atoms in total. The van der Waals surface area contributed by atoms with E-state index in [9.17, 15) is 0 Å². The maximum atomic E-state index is 4.54. The van der Waals surface area contributed by atoms with Gasteiger partial charge in [-0.3, -0.25) is 4.98 Å². The van der Waals surface area contributed by atoms with Crippen molar-refractivity contribution in [2.75, 3.05) is 4.90 Å². The number of pyridine rings is 1. The fraction of sp³-hybridized carbons (Fsp3) is 0. The lowest BCUT2D eigenvalue weighted by Crippen LogP contribution is -2.09. The third-order valence-electron chi connectivity index (χ3n) is 10.5. The summed E-state index contributed by atoms with van der Waals surface area (Å²) in [4.78, 5) is 6.84. The molecular weight excluding hydrogens is 641 g/mol. The van der Waals surface area contributed by atoms with Gasteiger partial charge in [-0.25, -0.2) is 0 Å². The summed E-state index contributed by atoms with van der Waals surface area (Å²) in [6.45, 7) is 0. The first kappa shape index (κ1) is 30.8.